The van der Waals surface area contributed by atoms with Gasteiger partial charge in [0.15, 0.2) is 17.1 Å². The molecule has 1 aromatic carbocycles. The van der Waals surface area contributed by atoms with E-state index in [2.05, 4.69) is 15.0 Å². The van der Waals surface area contributed by atoms with E-state index in [1.165, 1.54) is 24.3 Å². The summed E-state index contributed by atoms with van der Waals surface area (Å²) in [7, 11) is 0. The molecule has 4 atom stereocenters. The zero-order valence-electron chi connectivity index (χ0n) is 18.0. The molecule has 1 saturated heterocycles. The zero-order chi connectivity index (χ0) is 26.0. The van der Waals surface area contributed by atoms with E-state index in [1.807, 2.05) is 6.07 Å². The average Bonchev–Trinajstić information content (AvgIpc) is 3.08. The van der Waals surface area contributed by atoms with Crippen molar-refractivity contribution in [1.82, 2.24) is 19.5 Å². The van der Waals surface area contributed by atoms with Gasteiger partial charge in [-0.15, -0.1) is 0 Å². The van der Waals surface area contributed by atoms with Crippen molar-refractivity contribution in [2.75, 3.05) is 12.3 Å². The van der Waals surface area contributed by atoms with Gasteiger partial charge in [0.05, 0.1) is 18.0 Å². The minimum absolute atomic E-state index is 0.00983. The van der Waals surface area contributed by atoms with Gasteiger partial charge >= 0.3 is 11.9 Å². The van der Waals surface area contributed by atoms with Gasteiger partial charge in [-0.3, -0.25) is 4.57 Å². The molecular weight excluding hydrogens is 503 g/mol. The number of aliphatic hydroxyl groups is 1. The predicted molar refractivity (Wildman–Crippen MR) is 116 cm³/mol. The van der Waals surface area contributed by atoms with E-state index in [1.54, 1.807) is 0 Å². The number of hydrogen-bond donors (Lipinski definition) is 4. The lowest BCUT2D eigenvalue weighted by atomic mass is 9.93. The smallest absolute Gasteiger partial charge is 0.348 e. The lowest BCUT2D eigenvalue weighted by Gasteiger charge is -2.31. The number of nitriles is 1. The molecule has 1 aliphatic carbocycles. The fraction of sp³-hybridized carbons (Fsp3) is 0.333. The number of aliphatic carboxylic acids is 2. The number of anilines is 1. The van der Waals surface area contributed by atoms with Crippen LogP contribution in [0.2, 0.25) is 5.28 Å². The highest BCUT2D eigenvalue weighted by atomic mass is 35.5. The van der Waals surface area contributed by atoms with E-state index < -0.39 is 54.2 Å². The third-order valence-electron chi connectivity index (χ3n) is 6.41. The molecule has 2 aliphatic rings. The van der Waals surface area contributed by atoms with E-state index in [-0.39, 0.29) is 33.4 Å². The van der Waals surface area contributed by atoms with E-state index in [0.717, 1.165) is 10.9 Å². The van der Waals surface area contributed by atoms with Crippen molar-refractivity contribution in [3.63, 3.8) is 0 Å². The highest BCUT2D eigenvalue weighted by molar-refractivity contribution is 6.28. The summed E-state index contributed by atoms with van der Waals surface area (Å²) in [4.78, 5) is 36.0. The van der Waals surface area contributed by atoms with Gasteiger partial charge in [0.2, 0.25) is 11.1 Å². The van der Waals surface area contributed by atoms with E-state index >= 15 is 4.39 Å². The van der Waals surface area contributed by atoms with E-state index in [4.69, 9.17) is 32.1 Å². The summed E-state index contributed by atoms with van der Waals surface area (Å²) >= 11 is 5.84. The maximum Gasteiger partial charge on any atom is 0.348 e. The summed E-state index contributed by atoms with van der Waals surface area (Å²) in [5, 5.41) is 39.8. The Labute approximate surface area is 205 Å². The van der Waals surface area contributed by atoms with Crippen LogP contribution in [0.5, 0.6) is 0 Å². The number of alkyl halides is 1. The molecule has 2 aromatic heterocycles. The van der Waals surface area contributed by atoms with Crippen LogP contribution in [0, 0.1) is 11.3 Å². The lowest BCUT2D eigenvalue weighted by molar-refractivity contribution is -0.198. The molecule has 1 saturated carbocycles. The van der Waals surface area contributed by atoms with Gasteiger partial charge in [-0.2, -0.15) is 15.2 Å². The van der Waals surface area contributed by atoms with Crippen molar-refractivity contribution in [2.24, 2.45) is 0 Å². The van der Waals surface area contributed by atoms with Crippen molar-refractivity contribution in [3.8, 4) is 6.07 Å². The predicted octanol–water partition coefficient (Wildman–Crippen LogP) is 0.235. The van der Waals surface area contributed by atoms with E-state index in [0.29, 0.717) is 0 Å². The number of nitrogens with zero attached hydrogens (tertiary/aromatic N) is 5. The zero-order valence-corrected chi connectivity index (χ0v) is 18.8. The molecule has 36 heavy (non-hydrogen) atoms. The number of nitrogen functional groups attached to an aromatic ring is 1. The van der Waals surface area contributed by atoms with Crippen LogP contribution < -0.4 is 5.73 Å². The number of ether oxygens (including phenoxy) is 2. The van der Waals surface area contributed by atoms with Crippen molar-refractivity contribution >= 4 is 40.5 Å². The minimum Gasteiger partial charge on any atom is -0.479 e. The molecule has 5 rings (SSSR count). The molecule has 0 bridgehead atoms. The van der Waals surface area contributed by atoms with E-state index in [9.17, 15) is 24.9 Å². The Kier molecular flexibility index (Phi) is 5.16. The fourth-order valence-electron chi connectivity index (χ4n) is 4.49. The highest BCUT2D eigenvalue weighted by Gasteiger charge is 2.85. The minimum atomic E-state index is -2.93. The van der Waals surface area contributed by atoms with Gasteiger partial charge in [0.1, 0.15) is 24.3 Å². The van der Waals surface area contributed by atoms with Gasteiger partial charge in [-0.25, -0.2) is 19.0 Å². The van der Waals surface area contributed by atoms with Gasteiger partial charge in [-0.05, 0) is 29.3 Å². The van der Waals surface area contributed by atoms with Crippen LogP contribution in [-0.4, -0.2) is 76.8 Å². The molecule has 5 N–H and O–H groups in total. The van der Waals surface area contributed by atoms with Crippen LogP contribution >= 0.6 is 11.6 Å². The molecule has 2 fully saturated rings. The molecule has 0 spiro atoms. The number of rotatable bonds is 7. The average molecular weight is 519 g/mol. The molecule has 1 aliphatic heterocycles. The van der Waals surface area contributed by atoms with Crippen molar-refractivity contribution in [3.05, 3.63) is 47.0 Å². The maximum absolute atomic E-state index is 16.4. The van der Waals surface area contributed by atoms with Crippen molar-refractivity contribution < 1.29 is 38.8 Å². The Morgan fingerprint density at radius 3 is 2.78 bits per heavy atom. The molecule has 3 aromatic rings. The number of hydrogen-bond acceptors (Lipinski definition) is 10. The normalized spacial score (nSPS) is 26.9. The first-order valence-corrected chi connectivity index (χ1v) is 10.7. The maximum atomic E-state index is 16.4. The number of carboxylic acids is 2. The third kappa shape index (κ3) is 3.14. The molecular formula is C21H16ClFN6O7. The number of carboxylic acid groups (broad SMARTS) is 2. The largest absolute Gasteiger partial charge is 0.479 e. The first kappa shape index (κ1) is 23.8. The molecule has 1 unspecified atom stereocenters. The molecule has 0 amide bonds. The monoisotopic (exact) mass is 518 g/mol. The second-order valence-electron chi connectivity index (χ2n) is 8.45. The highest BCUT2D eigenvalue weighted by Crippen LogP contribution is 2.60. The van der Waals surface area contributed by atoms with Gasteiger partial charge in [0, 0.05) is 6.42 Å². The second kappa shape index (κ2) is 7.80. The number of carbonyl (C=O) groups is 2. The van der Waals surface area contributed by atoms with Crippen LogP contribution in [0.3, 0.4) is 0 Å². The van der Waals surface area contributed by atoms with Crippen LogP contribution in [0.25, 0.3) is 11.2 Å². The number of benzene rings is 1. The van der Waals surface area contributed by atoms with Crippen LogP contribution in [0.1, 0.15) is 11.1 Å². The third-order valence-corrected chi connectivity index (χ3v) is 6.58. The number of aromatic nitrogens is 4. The first-order valence-electron chi connectivity index (χ1n) is 10.3. The molecule has 3 heterocycles. The fourth-order valence-corrected chi connectivity index (χ4v) is 4.66. The van der Waals surface area contributed by atoms with Gasteiger partial charge < -0.3 is 30.5 Å². The second-order valence-corrected chi connectivity index (χ2v) is 8.78. The van der Waals surface area contributed by atoms with Crippen LogP contribution in [-0.2, 0) is 31.3 Å². The summed E-state index contributed by atoms with van der Waals surface area (Å²) < 4.78 is 28.1. The standard InChI is InChI=1S/C21H16ClFN6O7/c22-18-27-14(25)11-15(28-18)29(8-26-11)20(23)7-35-12-13(21(12,20)34)36-19(16(30)31,17(32)33)5-9-2-1-3-10(4-9)6-24/h1-4,8,12-13,34H,5,7H2,(H,30,31)(H,32,33)(H2,25,27,28)/t12-,13?,20-,21+/m1/s1. The number of halogens is 2. The van der Waals surface area contributed by atoms with Gasteiger partial charge in [-0.1, -0.05) is 12.1 Å². The Balaban J connectivity index is 1.52. The molecule has 0 radical (unpaired) electrons. The Bertz CT molecular complexity index is 1460. The summed E-state index contributed by atoms with van der Waals surface area (Å²) in [6.07, 6.45) is -2.84. The van der Waals surface area contributed by atoms with Crippen molar-refractivity contribution in [2.45, 2.75) is 35.6 Å². The van der Waals surface area contributed by atoms with Crippen molar-refractivity contribution in [1.29, 1.82) is 5.26 Å². The number of fused-ring (bicyclic) bond motifs is 2. The number of imidazole rings is 1. The molecule has 186 valence electrons. The SMILES string of the molecule is N#Cc1cccc(CC(OC2[C@H]3OC[C@@](F)(n4cnc5c(N)nc(Cl)nc54)[C@@]23O)(C(=O)O)C(=O)O)c1. The molecule has 13 nitrogen and oxygen atoms in total. The van der Waals surface area contributed by atoms with Gasteiger partial charge in [0.25, 0.3) is 5.60 Å². The topological polar surface area (TPSA) is 207 Å². The number of nitrogens with two attached hydrogens (primary N) is 1. The lowest BCUT2D eigenvalue weighted by Crippen LogP contribution is -2.54. The Morgan fingerprint density at radius 1 is 1.39 bits per heavy atom. The Hall–Kier alpha value is -3.90. The summed E-state index contributed by atoms with van der Waals surface area (Å²) in [5.74, 6) is -6.73. The summed E-state index contributed by atoms with van der Waals surface area (Å²) in [6, 6.07) is 7.47. The van der Waals surface area contributed by atoms with Crippen LogP contribution in [0.4, 0.5) is 10.2 Å². The Morgan fingerprint density at radius 2 is 2.11 bits per heavy atom. The van der Waals surface area contributed by atoms with Crippen LogP contribution in [0.15, 0.2) is 30.6 Å². The quantitative estimate of drug-likeness (QED) is 0.245. The summed E-state index contributed by atoms with van der Waals surface area (Å²) in [5.41, 5.74) is 0.462. The molecule has 15 heteroatoms. The first-order chi connectivity index (χ1) is 17.0. The summed E-state index contributed by atoms with van der Waals surface area (Å²) in [6.45, 7) is -0.710.